The topological polar surface area (TPSA) is 247 Å². The molecule has 6 aliphatic rings. The van der Waals surface area contributed by atoms with E-state index in [2.05, 4.69) is 90.2 Å². The molecule has 14 rings (SSSR count). The zero-order valence-corrected chi connectivity index (χ0v) is 57.4. The van der Waals surface area contributed by atoms with Crippen molar-refractivity contribution in [2.24, 2.45) is 9.98 Å². The Morgan fingerprint density at radius 2 is 0.680 bits per heavy atom. The number of carbonyl (C=O) groups is 5. The number of H-pyrrole nitrogens is 2. The number of nitrogens with one attached hydrogen (secondary N) is 7. The van der Waals surface area contributed by atoms with E-state index in [1.807, 2.05) is 97.1 Å². The molecule has 4 saturated heterocycles. The van der Waals surface area contributed by atoms with Gasteiger partial charge < -0.3 is 51.3 Å². The number of piperidine rings is 2. The summed E-state index contributed by atoms with van der Waals surface area (Å²) < 4.78 is 0. The number of aliphatic imine (C=N–C) groups is 2. The molecule has 7 N–H and O–H groups in total. The Hall–Kier alpha value is -9.29. The van der Waals surface area contributed by atoms with Crippen molar-refractivity contribution < 1.29 is 24.0 Å². The number of benzene rings is 6. The molecular formula is C78H93N17O5. The molecule has 0 saturated carbocycles. The quantitative estimate of drug-likeness (QED) is 0.0260. The Balaban J connectivity index is 0.428. The van der Waals surface area contributed by atoms with Gasteiger partial charge in [0.05, 0.1) is 44.9 Å². The van der Waals surface area contributed by atoms with Crippen molar-refractivity contribution in [1.82, 2.24) is 75.9 Å². The summed E-state index contributed by atoms with van der Waals surface area (Å²) >= 11 is 0. The molecule has 5 amide bonds. The van der Waals surface area contributed by atoms with Crippen molar-refractivity contribution in [1.29, 1.82) is 0 Å². The van der Waals surface area contributed by atoms with Gasteiger partial charge in [0.2, 0.25) is 5.91 Å². The average molecular weight is 1350 g/mol. The van der Waals surface area contributed by atoms with Crippen molar-refractivity contribution in [2.45, 2.75) is 64.2 Å². The van der Waals surface area contributed by atoms with Gasteiger partial charge in [0.1, 0.15) is 11.6 Å². The number of piperazine rings is 2. The third-order valence-electron chi connectivity index (χ3n) is 20.7. The molecule has 8 heterocycles. The molecule has 0 radical (unpaired) electrons. The first-order valence-corrected chi connectivity index (χ1v) is 36.4. The summed E-state index contributed by atoms with van der Waals surface area (Å²) in [7, 11) is 0. The minimum atomic E-state index is -0.0849. The first-order chi connectivity index (χ1) is 49.0. The van der Waals surface area contributed by atoms with E-state index in [4.69, 9.17) is 20.0 Å². The molecule has 22 heteroatoms. The largest absolute Gasteiger partial charge is 0.355 e. The molecule has 6 aliphatic heterocycles. The lowest BCUT2D eigenvalue weighted by Crippen LogP contribution is -2.50. The van der Waals surface area contributed by atoms with E-state index in [1.54, 1.807) is 0 Å². The molecule has 520 valence electrons. The molecular weight excluding hydrogens is 1250 g/mol. The molecule has 2 aromatic heterocycles. The highest BCUT2D eigenvalue weighted by Gasteiger charge is 2.25. The van der Waals surface area contributed by atoms with E-state index >= 15 is 0 Å². The van der Waals surface area contributed by atoms with E-state index < -0.39 is 0 Å². The summed E-state index contributed by atoms with van der Waals surface area (Å²) in [6.07, 6.45) is 10.1. The van der Waals surface area contributed by atoms with Crippen molar-refractivity contribution in [3.8, 4) is 22.8 Å². The van der Waals surface area contributed by atoms with Crippen molar-refractivity contribution in [3.63, 3.8) is 0 Å². The molecule has 100 heavy (non-hydrogen) atoms. The maximum atomic E-state index is 13.4. The van der Waals surface area contributed by atoms with Crippen LogP contribution in [0.1, 0.15) is 115 Å². The standard InChI is InChI=1S/C78H93N17O5/c96-72(8-7-34-92-40-42-94(43-41-92)38-28-80-75(97)58-17-21-64-62(48-58)52-68(84-64)54-9-13-56(14-10-54)73-86-66-23-19-60(50-70(66)88-73)77(99)82-26-36-90-30-3-1-4-31-90)79-25-35-93-44-46-95(47-45-93)39-29-81-76(98)59-18-22-65-63(49-59)53-69(85-65)55-11-15-57(16-12-55)74-87-67-24-20-61(51-71(67)89-74)78(100)83-27-37-91-32-5-2-6-33-91/h9-24,48-51H,1-8,25-47,52-53H2,(H,79,96)(H,80,97)(H,81,98)(H,82,99)(H,83,100)(H,86,88)(H,87,89). The second kappa shape index (κ2) is 32.4. The second-order valence-corrected chi connectivity index (χ2v) is 27.6. The first-order valence-electron chi connectivity index (χ1n) is 36.4. The monoisotopic (exact) mass is 1350 g/mol. The summed E-state index contributed by atoms with van der Waals surface area (Å²) in [5, 5.41) is 15.6. The maximum absolute atomic E-state index is 13.4. The molecule has 0 unspecified atom stereocenters. The van der Waals surface area contributed by atoms with Gasteiger partial charge in [-0.05, 0) is 160 Å². The number of imidazole rings is 2. The van der Waals surface area contributed by atoms with Gasteiger partial charge in [0.15, 0.2) is 0 Å². The minimum Gasteiger partial charge on any atom is -0.355 e. The molecule has 8 aromatic rings. The van der Waals surface area contributed by atoms with Gasteiger partial charge in [0, 0.05) is 170 Å². The number of fused-ring (bicyclic) bond motifs is 4. The highest BCUT2D eigenvalue weighted by Crippen LogP contribution is 2.33. The fourth-order valence-electron chi connectivity index (χ4n) is 14.7. The SMILES string of the molecule is O=C(CCCN1CCN(CCNC(=O)c2ccc3c(c2)CC(c2ccc(-c4nc5ccc(C(=O)NCCN6CCCCC6)cc5[nH]4)cc2)=N3)CC1)NCCN1CCN(CCNC(=O)c2ccc3c(c2)CC(c2ccc(-c4nc5ccc(C(=O)NCCN6CCCCC6)cc5[nH]4)cc2)=N3)CC1. The van der Waals surface area contributed by atoms with Gasteiger partial charge in [-0.3, -0.25) is 48.7 Å². The number of aromatic nitrogens is 4. The van der Waals surface area contributed by atoms with Crippen LogP contribution in [0.5, 0.6) is 0 Å². The Morgan fingerprint density at radius 1 is 0.350 bits per heavy atom. The molecule has 0 spiro atoms. The molecule has 0 atom stereocenters. The van der Waals surface area contributed by atoms with Crippen LogP contribution >= 0.6 is 0 Å². The number of hydrogen-bond donors (Lipinski definition) is 7. The van der Waals surface area contributed by atoms with E-state index in [0.717, 1.165) is 214 Å². The highest BCUT2D eigenvalue weighted by atomic mass is 16.2. The Bertz CT molecular complexity index is 4010. The number of aromatic amines is 2. The highest BCUT2D eigenvalue weighted by molar-refractivity contribution is 6.09. The summed E-state index contributed by atoms with van der Waals surface area (Å²) in [4.78, 5) is 106. The van der Waals surface area contributed by atoms with Crippen molar-refractivity contribution in [3.05, 3.63) is 166 Å². The van der Waals surface area contributed by atoms with Gasteiger partial charge in [-0.1, -0.05) is 61.4 Å². The van der Waals surface area contributed by atoms with Gasteiger partial charge in [-0.25, -0.2) is 9.97 Å². The van der Waals surface area contributed by atoms with E-state index in [0.29, 0.717) is 74.2 Å². The van der Waals surface area contributed by atoms with Crippen LogP contribution in [0.2, 0.25) is 0 Å². The Labute approximate surface area is 584 Å². The van der Waals surface area contributed by atoms with E-state index in [-0.39, 0.29) is 29.5 Å². The van der Waals surface area contributed by atoms with Crippen LogP contribution in [0.4, 0.5) is 11.4 Å². The van der Waals surface area contributed by atoms with Crippen LogP contribution in [0.15, 0.2) is 131 Å². The van der Waals surface area contributed by atoms with Gasteiger partial charge in [-0.15, -0.1) is 0 Å². The zero-order chi connectivity index (χ0) is 68.2. The van der Waals surface area contributed by atoms with Crippen molar-refractivity contribution in [2.75, 3.05) is 151 Å². The van der Waals surface area contributed by atoms with Crippen LogP contribution in [-0.4, -0.2) is 241 Å². The lowest BCUT2D eigenvalue weighted by Gasteiger charge is -2.35. The van der Waals surface area contributed by atoms with Crippen LogP contribution in [0.3, 0.4) is 0 Å². The summed E-state index contributed by atoms with van der Waals surface area (Å²) in [5.74, 6) is 1.26. The summed E-state index contributed by atoms with van der Waals surface area (Å²) in [6, 6.07) is 39.2. The first kappa shape index (κ1) is 67.9. The third-order valence-corrected chi connectivity index (χ3v) is 20.7. The number of likely N-dealkylation sites (tertiary alicyclic amines) is 2. The van der Waals surface area contributed by atoms with Gasteiger partial charge in [0.25, 0.3) is 23.6 Å². The Morgan fingerprint density at radius 3 is 1.07 bits per heavy atom. The third kappa shape index (κ3) is 17.3. The van der Waals surface area contributed by atoms with Gasteiger partial charge >= 0.3 is 0 Å². The fraction of sp³-hybridized carbons (Fsp3) is 0.423. The average Bonchev–Trinajstić information content (AvgIpc) is 1.66. The van der Waals surface area contributed by atoms with Crippen molar-refractivity contribution >= 4 is 74.4 Å². The predicted molar refractivity (Wildman–Crippen MR) is 394 cm³/mol. The van der Waals surface area contributed by atoms with Crippen LogP contribution in [0, 0.1) is 0 Å². The molecule has 22 nitrogen and oxygen atoms in total. The lowest BCUT2D eigenvalue weighted by atomic mass is 10.0. The van der Waals surface area contributed by atoms with Crippen LogP contribution < -0.4 is 26.6 Å². The molecule has 0 bridgehead atoms. The zero-order valence-electron chi connectivity index (χ0n) is 57.4. The normalized spacial score (nSPS) is 17.2. The summed E-state index contributed by atoms with van der Waals surface area (Å²) in [5.41, 5.74) is 15.4. The fourth-order valence-corrected chi connectivity index (χ4v) is 14.7. The second-order valence-electron chi connectivity index (χ2n) is 27.6. The number of nitrogens with zero attached hydrogens (tertiary/aromatic N) is 10. The van der Waals surface area contributed by atoms with E-state index in [1.165, 1.54) is 38.5 Å². The molecule has 0 aliphatic carbocycles. The van der Waals surface area contributed by atoms with Crippen LogP contribution in [-0.2, 0) is 17.6 Å². The molecule has 4 fully saturated rings. The van der Waals surface area contributed by atoms with E-state index in [9.17, 15) is 24.0 Å². The lowest BCUT2D eigenvalue weighted by molar-refractivity contribution is -0.121. The molecule has 6 aromatic carbocycles. The number of amides is 5. The summed E-state index contributed by atoms with van der Waals surface area (Å²) in [6.45, 7) is 19.9. The maximum Gasteiger partial charge on any atom is 0.251 e. The predicted octanol–water partition coefficient (Wildman–Crippen LogP) is 7.85. The number of rotatable bonds is 27. The van der Waals surface area contributed by atoms with Gasteiger partial charge in [-0.2, -0.15) is 0 Å². The number of hydrogen-bond acceptors (Lipinski definition) is 15. The Kier molecular flexibility index (Phi) is 22.0. The smallest absolute Gasteiger partial charge is 0.251 e. The minimum absolute atomic E-state index is 0.0736. The number of carbonyl (C=O) groups excluding carboxylic acids is 5. The van der Waals surface area contributed by atoms with Crippen LogP contribution in [0.25, 0.3) is 44.8 Å².